The molecule has 3 aromatic rings. The Hall–Kier alpha value is -1.85. The molecule has 0 amide bonds. The highest BCUT2D eigenvalue weighted by molar-refractivity contribution is 7.14. The molecule has 0 aliphatic carbocycles. The minimum absolute atomic E-state index is 0.0204. The maximum Gasteiger partial charge on any atom is 0.323 e. The Labute approximate surface area is 118 Å². The van der Waals surface area contributed by atoms with Gasteiger partial charge in [-0.1, -0.05) is 12.1 Å². The molecule has 0 aliphatic heterocycles. The Balaban J connectivity index is 2.13. The summed E-state index contributed by atoms with van der Waals surface area (Å²) >= 11 is 3.23. The molecule has 19 heavy (non-hydrogen) atoms. The van der Waals surface area contributed by atoms with E-state index in [9.17, 15) is 4.79 Å². The van der Waals surface area contributed by atoms with E-state index in [0.717, 1.165) is 21.1 Å². The van der Waals surface area contributed by atoms with Gasteiger partial charge in [0.05, 0.1) is 21.1 Å². The third-order valence-corrected chi connectivity index (χ3v) is 4.61. The molecule has 3 aromatic heterocycles. The van der Waals surface area contributed by atoms with Gasteiger partial charge in [0.25, 0.3) is 0 Å². The van der Waals surface area contributed by atoms with Crippen molar-refractivity contribution in [3.8, 4) is 21.1 Å². The van der Waals surface area contributed by atoms with Crippen LogP contribution in [0.4, 0.5) is 0 Å². The first-order chi connectivity index (χ1) is 9.25. The van der Waals surface area contributed by atoms with Gasteiger partial charge in [-0.3, -0.25) is 4.79 Å². The average molecular weight is 289 g/mol. The third-order valence-electron chi connectivity index (χ3n) is 2.82. The van der Waals surface area contributed by atoms with E-state index in [1.165, 1.54) is 0 Å². The average Bonchev–Trinajstić information content (AvgIpc) is 3.09. The molecule has 0 radical (unpaired) electrons. The lowest BCUT2D eigenvalue weighted by molar-refractivity contribution is -0.137. The summed E-state index contributed by atoms with van der Waals surface area (Å²) < 4.78 is 1.86. The number of rotatable bonds is 4. The number of carboxylic acid groups (broad SMARTS) is 1. The Kier molecular flexibility index (Phi) is 3.23. The summed E-state index contributed by atoms with van der Waals surface area (Å²) in [7, 11) is 0. The van der Waals surface area contributed by atoms with Crippen molar-refractivity contribution in [2.45, 2.75) is 6.54 Å². The topological polar surface area (TPSA) is 42.2 Å². The summed E-state index contributed by atoms with van der Waals surface area (Å²) in [5.74, 6) is -0.827. The maximum atomic E-state index is 11.1. The van der Waals surface area contributed by atoms with Gasteiger partial charge in [0, 0.05) is 0 Å². The van der Waals surface area contributed by atoms with E-state index in [1.54, 1.807) is 22.7 Å². The molecule has 3 nitrogen and oxygen atoms in total. The molecule has 0 bridgehead atoms. The number of hydrogen-bond donors (Lipinski definition) is 1. The van der Waals surface area contributed by atoms with Crippen LogP contribution in [-0.4, -0.2) is 15.6 Å². The van der Waals surface area contributed by atoms with Crippen LogP contribution in [0.5, 0.6) is 0 Å². The molecule has 1 N–H and O–H groups in total. The maximum absolute atomic E-state index is 11.1. The van der Waals surface area contributed by atoms with Crippen LogP contribution >= 0.6 is 22.7 Å². The van der Waals surface area contributed by atoms with Gasteiger partial charge in [-0.05, 0) is 35.0 Å². The second-order valence-electron chi connectivity index (χ2n) is 4.04. The number of thiophene rings is 2. The van der Waals surface area contributed by atoms with E-state index in [0.29, 0.717) is 0 Å². The molecule has 5 heteroatoms. The second kappa shape index (κ2) is 5.03. The van der Waals surface area contributed by atoms with Crippen LogP contribution in [0.1, 0.15) is 0 Å². The van der Waals surface area contributed by atoms with Crippen LogP contribution < -0.4 is 0 Å². The number of carbonyl (C=O) groups is 1. The summed E-state index contributed by atoms with van der Waals surface area (Å²) in [5, 5.41) is 13.1. The van der Waals surface area contributed by atoms with Crippen LogP contribution in [0, 0.1) is 0 Å². The predicted molar refractivity (Wildman–Crippen MR) is 78.7 cm³/mol. The summed E-state index contributed by atoms with van der Waals surface area (Å²) in [6, 6.07) is 12.0. The van der Waals surface area contributed by atoms with Gasteiger partial charge in [-0.25, -0.2) is 0 Å². The van der Waals surface area contributed by atoms with Crippen molar-refractivity contribution in [3.63, 3.8) is 0 Å². The third kappa shape index (κ3) is 2.34. The second-order valence-corrected chi connectivity index (χ2v) is 5.93. The first-order valence-electron chi connectivity index (χ1n) is 5.75. The van der Waals surface area contributed by atoms with Crippen LogP contribution in [0.25, 0.3) is 21.1 Å². The molecular formula is C14H11NO2S2. The smallest absolute Gasteiger partial charge is 0.323 e. The number of carboxylic acids is 1. The van der Waals surface area contributed by atoms with E-state index >= 15 is 0 Å². The highest BCUT2D eigenvalue weighted by Gasteiger charge is 2.15. The highest BCUT2D eigenvalue weighted by Crippen LogP contribution is 2.33. The Morgan fingerprint density at radius 3 is 1.89 bits per heavy atom. The van der Waals surface area contributed by atoms with Gasteiger partial charge in [-0.15, -0.1) is 22.7 Å². The molecular weight excluding hydrogens is 278 g/mol. The molecule has 0 aliphatic rings. The largest absolute Gasteiger partial charge is 0.480 e. The van der Waals surface area contributed by atoms with Crippen LogP contribution in [0.15, 0.2) is 47.2 Å². The van der Waals surface area contributed by atoms with Gasteiger partial charge < -0.3 is 9.67 Å². The van der Waals surface area contributed by atoms with Gasteiger partial charge >= 0.3 is 5.97 Å². The van der Waals surface area contributed by atoms with Crippen molar-refractivity contribution in [2.75, 3.05) is 0 Å². The Morgan fingerprint density at radius 2 is 1.53 bits per heavy atom. The summed E-state index contributed by atoms with van der Waals surface area (Å²) in [4.78, 5) is 13.3. The number of aliphatic carboxylic acids is 1. The van der Waals surface area contributed by atoms with Crippen molar-refractivity contribution in [1.29, 1.82) is 0 Å². The molecule has 0 fully saturated rings. The molecule has 0 spiro atoms. The van der Waals surface area contributed by atoms with E-state index in [1.807, 2.05) is 51.7 Å². The zero-order valence-electron chi connectivity index (χ0n) is 9.95. The monoisotopic (exact) mass is 289 g/mol. The van der Waals surface area contributed by atoms with Gasteiger partial charge in [0.1, 0.15) is 6.54 Å². The fraction of sp³-hybridized carbons (Fsp3) is 0.0714. The Bertz CT molecular complexity index is 629. The number of nitrogens with zero attached hydrogens (tertiary/aromatic N) is 1. The normalized spacial score (nSPS) is 10.7. The van der Waals surface area contributed by atoms with Crippen LogP contribution in [-0.2, 0) is 11.3 Å². The molecule has 3 rings (SSSR count). The van der Waals surface area contributed by atoms with Crippen molar-refractivity contribution in [1.82, 2.24) is 4.57 Å². The van der Waals surface area contributed by atoms with Crippen molar-refractivity contribution < 1.29 is 9.90 Å². The predicted octanol–water partition coefficient (Wildman–Crippen LogP) is 4.03. The molecule has 3 heterocycles. The molecule has 0 aromatic carbocycles. The standard InChI is InChI=1S/C14H11NO2S2/c16-14(17)9-15-10(12-3-1-7-18-12)5-6-11(15)13-4-2-8-19-13/h1-8H,9H2,(H,16,17). The van der Waals surface area contributed by atoms with E-state index in [-0.39, 0.29) is 6.54 Å². The summed E-state index contributed by atoms with van der Waals surface area (Å²) in [5.41, 5.74) is 1.92. The van der Waals surface area contributed by atoms with Gasteiger partial charge in [-0.2, -0.15) is 0 Å². The van der Waals surface area contributed by atoms with Crippen LogP contribution in [0.2, 0.25) is 0 Å². The Morgan fingerprint density at radius 1 is 1.00 bits per heavy atom. The summed E-state index contributed by atoms with van der Waals surface area (Å²) in [6.45, 7) is -0.0204. The molecule has 0 saturated carbocycles. The lowest BCUT2D eigenvalue weighted by Gasteiger charge is -2.09. The quantitative estimate of drug-likeness (QED) is 0.788. The lowest BCUT2D eigenvalue weighted by atomic mass is 10.3. The van der Waals surface area contributed by atoms with Gasteiger partial charge in [0.15, 0.2) is 0 Å². The van der Waals surface area contributed by atoms with Crippen molar-refractivity contribution in [2.24, 2.45) is 0 Å². The van der Waals surface area contributed by atoms with E-state index in [4.69, 9.17) is 5.11 Å². The van der Waals surface area contributed by atoms with Gasteiger partial charge in [0.2, 0.25) is 0 Å². The SMILES string of the molecule is O=C(O)Cn1c(-c2cccs2)ccc1-c1cccs1. The van der Waals surface area contributed by atoms with E-state index < -0.39 is 5.97 Å². The molecule has 0 saturated heterocycles. The minimum Gasteiger partial charge on any atom is -0.480 e. The molecule has 0 atom stereocenters. The zero-order valence-corrected chi connectivity index (χ0v) is 11.6. The first kappa shape index (κ1) is 12.2. The fourth-order valence-electron chi connectivity index (χ4n) is 2.05. The number of aromatic nitrogens is 1. The zero-order chi connectivity index (χ0) is 13.2. The minimum atomic E-state index is -0.827. The fourth-order valence-corrected chi connectivity index (χ4v) is 3.57. The molecule has 0 unspecified atom stereocenters. The highest BCUT2D eigenvalue weighted by atomic mass is 32.1. The summed E-state index contributed by atoms with van der Waals surface area (Å²) in [6.07, 6.45) is 0. The molecule has 96 valence electrons. The van der Waals surface area contributed by atoms with Crippen molar-refractivity contribution in [3.05, 3.63) is 47.2 Å². The number of hydrogen-bond acceptors (Lipinski definition) is 3. The van der Waals surface area contributed by atoms with E-state index in [2.05, 4.69) is 0 Å². The first-order valence-corrected chi connectivity index (χ1v) is 7.51. The lowest BCUT2D eigenvalue weighted by Crippen LogP contribution is -2.10. The van der Waals surface area contributed by atoms with Crippen LogP contribution in [0.3, 0.4) is 0 Å². The van der Waals surface area contributed by atoms with Crippen molar-refractivity contribution >= 4 is 28.6 Å².